The van der Waals surface area contributed by atoms with Crippen molar-refractivity contribution in [3.8, 4) is 11.1 Å². The van der Waals surface area contributed by atoms with Gasteiger partial charge in [-0.15, -0.1) is 11.3 Å². The number of nitrogens with one attached hydrogen (secondary N) is 1. The molecule has 136 valence electrons. The Balaban J connectivity index is 1.82. The Morgan fingerprint density at radius 3 is 2.44 bits per heavy atom. The van der Waals surface area contributed by atoms with E-state index >= 15 is 0 Å². The molecule has 0 saturated heterocycles. The highest BCUT2D eigenvalue weighted by Crippen LogP contribution is 2.40. The van der Waals surface area contributed by atoms with Crippen LogP contribution in [0.25, 0.3) is 21.3 Å². The number of benzene rings is 2. The fraction of sp³-hybridized carbons (Fsp3) is 0.143. The van der Waals surface area contributed by atoms with Crippen LogP contribution in [0.4, 0.5) is 14.6 Å². The lowest BCUT2D eigenvalue weighted by atomic mass is 10.0. The van der Waals surface area contributed by atoms with Gasteiger partial charge in [0.05, 0.1) is 5.39 Å². The van der Waals surface area contributed by atoms with Crippen molar-refractivity contribution in [3.63, 3.8) is 0 Å². The maximum absolute atomic E-state index is 14.0. The molecule has 0 atom stereocenters. The zero-order valence-corrected chi connectivity index (χ0v) is 15.7. The van der Waals surface area contributed by atoms with E-state index in [1.807, 2.05) is 13.8 Å². The fourth-order valence-electron chi connectivity index (χ4n) is 3.13. The quantitative estimate of drug-likeness (QED) is 0.481. The smallest absolute Gasteiger partial charge is 0.139 e. The van der Waals surface area contributed by atoms with E-state index in [2.05, 4.69) is 15.3 Å². The Labute approximate surface area is 159 Å². The van der Waals surface area contributed by atoms with E-state index in [4.69, 9.17) is 0 Å². The molecule has 4 rings (SSSR count). The number of fused-ring (bicyclic) bond motifs is 1. The Morgan fingerprint density at radius 1 is 0.963 bits per heavy atom. The van der Waals surface area contributed by atoms with Gasteiger partial charge in [0.15, 0.2) is 0 Å². The average Bonchev–Trinajstić information content (AvgIpc) is 2.97. The molecular weight excluding hydrogens is 364 g/mol. The number of hydrogen-bond donors (Lipinski definition) is 1. The van der Waals surface area contributed by atoms with Crippen molar-refractivity contribution in [1.82, 2.24) is 9.97 Å². The van der Waals surface area contributed by atoms with Crippen molar-refractivity contribution in [2.24, 2.45) is 0 Å². The van der Waals surface area contributed by atoms with E-state index in [0.717, 1.165) is 26.2 Å². The Bertz CT molecular complexity index is 1120. The fourth-order valence-corrected chi connectivity index (χ4v) is 4.22. The SMILES string of the molecule is Cc1nc(NCc2ccccc2F)c2c(-c3ccc(F)cc3)c(C)sc2n1. The van der Waals surface area contributed by atoms with Gasteiger partial charge in [-0.05, 0) is 37.6 Å². The normalized spacial score (nSPS) is 11.1. The summed E-state index contributed by atoms with van der Waals surface area (Å²) in [7, 11) is 0. The predicted octanol–water partition coefficient (Wildman–Crippen LogP) is 5.87. The van der Waals surface area contributed by atoms with E-state index in [9.17, 15) is 8.78 Å². The molecule has 1 N–H and O–H groups in total. The summed E-state index contributed by atoms with van der Waals surface area (Å²) < 4.78 is 27.3. The van der Waals surface area contributed by atoms with Crippen LogP contribution in [0, 0.1) is 25.5 Å². The lowest BCUT2D eigenvalue weighted by Crippen LogP contribution is -2.05. The van der Waals surface area contributed by atoms with Crippen LogP contribution in [0.2, 0.25) is 0 Å². The van der Waals surface area contributed by atoms with Crippen LogP contribution in [0.3, 0.4) is 0 Å². The van der Waals surface area contributed by atoms with Gasteiger partial charge in [0, 0.05) is 22.5 Å². The molecule has 0 spiro atoms. The molecule has 0 unspecified atom stereocenters. The molecule has 2 heterocycles. The average molecular weight is 381 g/mol. The molecule has 2 aromatic carbocycles. The van der Waals surface area contributed by atoms with E-state index in [0.29, 0.717) is 23.8 Å². The van der Waals surface area contributed by atoms with Gasteiger partial charge < -0.3 is 5.32 Å². The number of aryl methyl sites for hydroxylation is 2. The molecule has 3 nitrogen and oxygen atoms in total. The van der Waals surface area contributed by atoms with Gasteiger partial charge in [-0.25, -0.2) is 18.7 Å². The van der Waals surface area contributed by atoms with Gasteiger partial charge in [0.1, 0.15) is 28.1 Å². The van der Waals surface area contributed by atoms with Crippen LogP contribution in [0.5, 0.6) is 0 Å². The second-order valence-corrected chi connectivity index (χ2v) is 7.49. The maximum atomic E-state index is 14.0. The third kappa shape index (κ3) is 3.40. The van der Waals surface area contributed by atoms with Gasteiger partial charge in [-0.1, -0.05) is 30.3 Å². The van der Waals surface area contributed by atoms with E-state index in [1.54, 1.807) is 41.7 Å². The number of anilines is 1. The third-order valence-electron chi connectivity index (χ3n) is 4.38. The highest BCUT2D eigenvalue weighted by atomic mass is 32.1. The summed E-state index contributed by atoms with van der Waals surface area (Å²) >= 11 is 1.57. The summed E-state index contributed by atoms with van der Waals surface area (Å²) in [5.41, 5.74) is 2.45. The van der Waals surface area contributed by atoms with Crippen molar-refractivity contribution in [3.05, 3.63) is 76.4 Å². The monoisotopic (exact) mass is 381 g/mol. The number of aromatic nitrogens is 2. The first kappa shape index (κ1) is 17.5. The second-order valence-electron chi connectivity index (χ2n) is 6.28. The van der Waals surface area contributed by atoms with Crippen molar-refractivity contribution in [2.75, 3.05) is 5.32 Å². The number of thiophene rings is 1. The van der Waals surface area contributed by atoms with Gasteiger partial charge >= 0.3 is 0 Å². The van der Waals surface area contributed by atoms with Gasteiger partial charge in [-0.3, -0.25) is 0 Å². The summed E-state index contributed by atoms with van der Waals surface area (Å²) in [6.45, 7) is 4.16. The van der Waals surface area contributed by atoms with Crippen LogP contribution in [0.15, 0.2) is 48.5 Å². The van der Waals surface area contributed by atoms with Gasteiger partial charge in [0.25, 0.3) is 0 Å². The van der Waals surface area contributed by atoms with E-state index < -0.39 is 0 Å². The molecule has 0 aliphatic heterocycles. The molecule has 0 saturated carbocycles. The maximum Gasteiger partial charge on any atom is 0.139 e. The molecule has 0 aliphatic carbocycles. The predicted molar refractivity (Wildman–Crippen MR) is 106 cm³/mol. The molecule has 0 aliphatic rings. The molecule has 0 fully saturated rings. The highest BCUT2D eigenvalue weighted by molar-refractivity contribution is 7.19. The minimum Gasteiger partial charge on any atom is -0.365 e. The molecule has 0 amide bonds. The Morgan fingerprint density at radius 2 is 1.70 bits per heavy atom. The molecule has 0 bridgehead atoms. The number of hydrogen-bond acceptors (Lipinski definition) is 4. The summed E-state index contributed by atoms with van der Waals surface area (Å²) in [6.07, 6.45) is 0. The summed E-state index contributed by atoms with van der Waals surface area (Å²) in [4.78, 5) is 11.0. The topological polar surface area (TPSA) is 37.8 Å². The van der Waals surface area contributed by atoms with Crippen molar-refractivity contribution < 1.29 is 8.78 Å². The summed E-state index contributed by atoms with van der Waals surface area (Å²) in [6, 6.07) is 13.1. The molecule has 4 aromatic rings. The first-order chi connectivity index (χ1) is 13.0. The number of nitrogens with zero attached hydrogens (tertiary/aromatic N) is 2. The first-order valence-corrected chi connectivity index (χ1v) is 9.35. The van der Waals surface area contributed by atoms with E-state index in [-0.39, 0.29) is 11.6 Å². The van der Waals surface area contributed by atoms with Crippen LogP contribution in [0.1, 0.15) is 16.3 Å². The van der Waals surface area contributed by atoms with Crippen LogP contribution < -0.4 is 5.32 Å². The zero-order chi connectivity index (χ0) is 19.0. The van der Waals surface area contributed by atoms with Crippen molar-refractivity contribution in [2.45, 2.75) is 20.4 Å². The molecule has 0 radical (unpaired) electrons. The molecule has 6 heteroatoms. The van der Waals surface area contributed by atoms with Crippen molar-refractivity contribution >= 4 is 27.4 Å². The molecular formula is C21H17F2N3S. The summed E-state index contributed by atoms with van der Waals surface area (Å²) in [5, 5.41) is 4.14. The minimum absolute atomic E-state index is 0.257. The van der Waals surface area contributed by atoms with E-state index in [1.165, 1.54) is 18.2 Å². The minimum atomic E-state index is -0.277. The molecule has 2 aromatic heterocycles. The zero-order valence-electron chi connectivity index (χ0n) is 14.9. The molecule has 27 heavy (non-hydrogen) atoms. The van der Waals surface area contributed by atoms with Gasteiger partial charge in [-0.2, -0.15) is 0 Å². The van der Waals surface area contributed by atoms with Crippen molar-refractivity contribution in [1.29, 1.82) is 0 Å². The van der Waals surface area contributed by atoms with Crippen LogP contribution >= 0.6 is 11.3 Å². The first-order valence-electron chi connectivity index (χ1n) is 8.54. The lowest BCUT2D eigenvalue weighted by Gasteiger charge is -2.11. The van der Waals surface area contributed by atoms with Crippen LogP contribution in [-0.4, -0.2) is 9.97 Å². The lowest BCUT2D eigenvalue weighted by molar-refractivity contribution is 0.613. The standard InChI is InChI=1S/C21H17F2N3S/c1-12-18(14-7-9-16(22)10-8-14)19-20(25-13(2)26-21(19)27-12)24-11-15-5-3-4-6-17(15)23/h3-10H,11H2,1-2H3,(H,24,25,26). The number of rotatable bonds is 4. The Hall–Kier alpha value is -2.86. The largest absolute Gasteiger partial charge is 0.365 e. The highest BCUT2D eigenvalue weighted by Gasteiger charge is 2.18. The van der Waals surface area contributed by atoms with Crippen LogP contribution in [-0.2, 0) is 6.54 Å². The third-order valence-corrected chi connectivity index (χ3v) is 5.38. The van der Waals surface area contributed by atoms with Gasteiger partial charge in [0.2, 0.25) is 0 Å². The number of halogens is 2. The second kappa shape index (κ2) is 7.04. The Kier molecular flexibility index (Phi) is 4.58. The summed E-state index contributed by atoms with van der Waals surface area (Å²) in [5.74, 6) is 0.767.